The van der Waals surface area contributed by atoms with Gasteiger partial charge in [0.05, 0.1) is 22.0 Å². The highest BCUT2D eigenvalue weighted by molar-refractivity contribution is 7.19. The quantitative estimate of drug-likeness (QED) is 0.401. The van der Waals surface area contributed by atoms with Crippen molar-refractivity contribution in [2.75, 3.05) is 17.2 Å². The van der Waals surface area contributed by atoms with Gasteiger partial charge in [-0.15, -0.1) is 11.3 Å². The highest BCUT2D eigenvalue weighted by Crippen LogP contribution is 2.37. The molecule has 1 fully saturated rings. The molecule has 2 aromatic rings. The van der Waals surface area contributed by atoms with E-state index in [0.29, 0.717) is 5.56 Å². The van der Waals surface area contributed by atoms with Gasteiger partial charge in [-0.25, -0.2) is 4.79 Å². The van der Waals surface area contributed by atoms with Crippen molar-refractivity contribution in [2.24, 2.45) is 5.92 Å². The van der Waals surface area contributed by atoms with Crippen LogP contribution in [0, 0.1) is 23.0 Å². The third-order valence-electron chi connectivity index (χ3n) is 4.33. The molecule has 1 aromatic heterocycles. The van der Waals surface area contributed by atoms with Crippen molar-refractivity contribution in [3.63, 3.8) is 0 Å². The Bertz CT molecular complexity index is 996. The Morgan fingerprint density at radius 1 is 1.28 bits per heavy atom. The zero-order valence-electron chi connectivity index (χ0n) is 15.8. The van der Waals surface area contributed by atoms with Gasteiger partial charge in [0.1, 0.15) is 5.00 Å². The topological polar surface area (TPSA) is 128 Å². The summed E-state index contributed by atoms with van der Waals surface area (Å²) in [4.78, 5) is 47.9. The highest BCUT2D eigenvalue weighted by atomic mass is 32.1. The second-order valence-corrected chi connectivity index (χ2v) is 7.53. The number of non-ortho nitro benzene ring substituents is 1. The molecule has 29 heavy (non-hydrogen) atoms. The molecular weight excluding hydrogens is 398 g/mol. The number of carbonyl (C=O) groups excluding carboxylic acids is 3. The number of hydrogen-bond acceptors (Lipinski definition) is 7. The summed E-state index contributed by atoms with van der Waals surface area (Å²) in [5, 5.41) is 16.5. The molecule has 0 bridgehead atoms. The third-order valence-corrected chi connectivity index (χ3v) is 5.54. The summed E-state index contributed by atoms with van der Waals surface area (Å²) >= 11 is 0.973. The van der Waals surface area contributed by atoms with Crippen molar-refractivity contribution in [2.45, 2.75) is 26.7 Å². The van der Waals surface area contributed by atoms with Crippen molar-refractivity contribution in [1.29, 1.82) is 0 Å². The number of carbonyl (C=O) groups is 3. The molecule has 1 aromatic carbocycles. The van der Waals surface area contributed by atoms with E-state index in [4.69, 9.17) is 4.74 Å². The Morgan fingerprint density at radius 3 is 2.62 bits per heavy atom. The van der Waals surface area contributed by atoms with Crippen LogP contribution in [0.15, 0.2) is 24.3 Å². The molecule has 1 heterocycles. The number of nitro benzene ring substituents is 1. The number of thiophene rings is 1. The van der Waals surface area contributed by atoms with Crippen LogP contribution in [0.25, 0.3) is 0 Å². The van der Waals surface area contributed by atoms with E-state index >= 15 is 0 Å². The standard InChI is InChI=1S/C19H19N3O6S/c1-3-28-19(25)14-10(2)15(29-18(14)21-16(23)11-7-8-11)17(24)20-12-5-4-6-13(9-12)22(26)27/h4-6,9,11H,3,7-8H2,1-2H3,(H,20,24)(H,21,23). The number of nitrogens with one attached hydrogen (secondary N) is 2. The summed E-state index contributed by atoms with van der Waals surface area (Å²) < 4.78 is 5.07. The Balaban J connectivity index is 1.90. The number of nitro groups is 1. The molecule has 9 nitrogen and oxygen atoms in total. The first-order valence-electron chi connectivity index (χ1n) is 8.99. The molecule has 1 aliphatic rings. The van der Waals surface area contributed by atoms with E-state index in [0.717, 1.165) is 24.2 Å². The van der Waals surface area contributed by atoms with Gasteiger partial charge < -0.3 is 15.4 Å². The summed E-state index contributed by atoms with van der Waals surface area (Å²) in [5.74, 6) is -1.43. The molecular formula is C19H19N3O6S. The number of rotatable bonds is 7. The van der Waals surface area contributed by atoms with Crippen LogP contribution in [0.1, 0.15) is 45.4 Å². The monoisotopic (exact) mass is 417 g/mol. The fourth-order valence-electron chi connectivity index (χ4n) is 2.71. The summed E-state index contributed by atoms with van der Waals surface area (Å²) in [6, 6.07) is 5.54. The van der Waals surface area contributed by atoms with Crippen LogP contribution in [-0.4, -0.2) is 29.3 Å². The van der Waals surface area contributed by atoms with Crippen LogP contribution in [0.2, 0.25) is 0 Å². The minimum absolute atomic E-state index is 0.0744. The van der Waals surface area contributed by atoms with Crippen LogP contribution in [0.3, 0.4) is 0 Å². The highest BCUT2D eigenvalue weighted by Gasteiger charge is 2.33. The first-order valence-corrected chi connectivity index (χ1v) is 9.80. The third kappa shape index (κ3) is 4.60. The average Bonchev–Trinajstić information content (AvgIpc) is 3.46. The van der Waals surface area contributed by atoms with E-state index in [2.05, 4.69) is 10.6 Å². The summed E-state index contributed by atoms with van der Waals surface area (Å²) in [7, 11) is 0. The fraction of sp³-hybridized carbons (Fsp3) is 0.316. The summed E-state index contributed by atoms with van der Waals surface area (Å²) in [6.45, 7) is 3.41. The number of benzene rings is 1. The molecule has 2 amide bonds. The number of esters is 1. The van der Waals surface area contributed by atoms with Crippen molar-refractivity contribution in [3.8, 4) is 0 Å². The summed E-state index contributed by atoms with van der Waals surface area (Å²) in [5.41, 5.74) is 0.617. The van der Waals surface area contributed by atoms with Crippen LogP contribution in [0.5, 0.6) is 0 Å². The second-order valence-electron chi connectivity index (χ2n) is 6.51. The van der Waals surface area contributed by atoms with Gasteiger partial charge >= 0.3 is 5.97 Å². The largest absolute Gasteiger partial charge is 0.462 e. The first-order chi connectivity index (χ1) is 13.8. The van der Waals surface area contributed by atoms with Crippen molar-refractivity contribution in [1.82, 2.24) is 0 Å². The normalized spacial score (nSPS) is 12.9. The molecule has 0 saturated heterocycles. The van der Waals surface area contributed by atoms with E-state index in [1.807, 2.05) is 0 Å². The smallest absolute Gasteiger partial charge is 0.341 e. The van der Waals surface area contributed by atoms with Crippen LogP contribution < -0.4 is 10.6 Å². The van der Waals surface area contributed by atoms with E-state index in [1.165, 1.54) is 24.3 Å². The lowest BCUT2D eigenvalue weighted by Gasteiger charge is -2.06. The maximum absolute atomic E-state index is 12.8. The Kier molecular flexibility index (Phi) is 5.92. The number of amides is 2. The molecule has 1 saturated carbocycles. The maximum atomic E-state index is 12.8. The molecule has 10 heteroatoms. The Labute approximate surface area is 170 Å². The van der Waals surface area contributed by atoms with Crippen LogP contribution in [0.4, 0.5) is 16.4 Å². The van der Waals surface area contributed by atoms with Crippen molar-refractivity contribution < 1.29 is 24.0 Å². The summed E-state index contributed by atoms with van der Waals surface area (Å²) in [6.07, 6.45) is 1.59. The fourth-order valence-corrected chi connectivity index (χ4v) is 3.80. The van der Waals surface area contributed by atoms with Gasteiger partial charge in [0.2, 0.25) is 5.91 Å². The molecule has 0 radical (unpaired) electrons. The zero-order chi connectivity index (χ0) is 21.1. The van der Waals surface area contributed by atoms with Crippen LogP contribution in [-0.2, 0) is 9.53 Å². The van der Waals surface area contributed by atoms with Gasteiger partial charge in [-0.05, 0) is 38.3 Å². The molecule has 3 rings (SSSR count). The predicted octanol–water partition coefficient (Wildman–Crippen LogP) is 3.74. The zero-order valence-corrected chi connectivity index (χ0v) is 16.6. The van der Waals surface area contributed by atoms with Gasteiger partial charge in [-0.3, -0.25) is 19.7 Å². The van der Waals surface area contributed by atoms with E-state index in [9.17, 15) is 24.5 Å². The molecule has 0 aliphatic heterocycles. The molecule has 0 atom stereocenters. The van der Waals surface area contributed by atoms with Gasteiger partial charge in [-0.1, -0.05) is 6.07 Å². The van der Waals surface area contributed by atoms with Crippen LogP contribution >= 0.6 is 11.3 Å². The van der Waals surface area contributed by atoms with Crippen molar-refractivity contribution in [3.05, 3.63) is 50.4 Å². The van der Waals surface area contributed by atoms with Gasteiger partial charge in [0, 0.05) is 23.7 Å². The van der Waals surface area contributed by atoms with E-state index in [1.54, 1.807) is 13.8 Å². The Morgan fingerprint density at radius 2 is 2.00 bits per heavy atom. The SMILES string of the molecule is CCOC(=O)c1c(NC(=O)C2CC2)sc(C(=O)Nc2cccc([N+](=O)[O-])c2)c1C. The predicted molar refractivity (Wildman–Crippen MR) is 107 cm³/mol. The number of anilines is 2. The van der Waals surface area contributed by atoms with Gasteiger partial charge in [0.15, 0.2) is 0 Å². The number of hydrogen-bond donors (Lipinski definition) is 2. The number of ether oxygens (including phenoxy) is 1. The van der Waals surface area contributed by atoms with E-state index < -0.39 is 16.8 Å². The lowest BCUT2D eigenvalue weighted by Crippen LogP contribution is -2.16. The second kappa shape index (κ2) is 8.39. The van der Waals surface area contributed by atoms with E-state index in [-0.39, 0.29) is 45.2 Å². The van der Waals surface area contributed by atoms with Gasteiger partial charge in [-0.2, -0.15) is 0 Å². The lowest BCUT2D eigenvalue weighted by atomic mass is 10.1. The first kappa shape index (κ1) is 20.5. The minimum Gasteiger partial charge on any atom is -0.462 e. The molecule has 2 N–H and O–H groups in total. The van der Waals surface area contributed by atoms with Gasteiger partial charge in [0.25, 0.3) is 11.6 Å². The number of nitrogens with zero attached hydrogens (tertiary/aromatic N) is 1. The lowest BCUT2D eigenvalue weighted by molar-refractivity contribution is -0.384. The molecule has 1 aliphatic carbocycles. The minimum atomic E-state index is -0.623. The molecule has 152 valence electrons. The molecule has 0 spiro atoms. The average molecular weight is 417 g/mol. The maximum Gasteiger partial charge on any atom is 0.341 e. The molecule has 0 unspecified atom stereocenters. The van der Waals surface area contributed by atoms with Crippen molar-refractivity contribution >= 4 is 45.5 Å². The Hall–Kier alpha value is -3.27.